The summed E-state index contributed by atoms with van der Waals surface area (Å²) in [6, 6.07) is 18.3. The van der Waals surface area contributed by atoms with Crippen LogP contribution in [0.1, 0.15) is 73.8 Å². The maximum absolute atomic E-state index is 13.7. The minimum Gasteiger partial charge on any atom is -0.506 e. The average molecular weight is 675 g/mol. The van der Waals surface area contributed by atoms with Crippen molar-refractivity contribution in [1.82, 2.24) is 20.5 Å². The van der Waals surface area contributed by atoms with Crippen LogP contribution in [0.25, 0.3) is 10.9 Å². The summed E-state index contributed by atoms with van der Waals surface area (Å²) in [7, 11) is 0. The Morgan fingerprint density at radius 1 is 0.939 bits per heavy atom. The number of nitrogens with zero attached hydrogens (tertiary/aromatic N) is 1. The second-order valence-corrected chi connectivity index (χ2v) is 12.9. The minimum atomic E-state index is -1.21. The van der Waals surface area contributed by atoms with E-state index in [1.165, 1.54) is 63.2 Å². The lowest BCUT2D eigenvalue weighted by molar-refractivity contribution is 0.111. The number of hydrogen-bond donors (Lipinski definition) is 6. The third kappa shape index (κ3) is 10.5. The highest BCUT2D eigenvalue weighted by Crippen LogP contribution is 2.29. The summed E-state index contributed by atoms with van der Waals surface area (Å²) in [6.07, 6.45) is 6.14. The summed E-state index contributed by atoms with van der Waals surface area (Å²) >= 11 is 0. The van der Waals surface area contributed by atoms with Crippen LogP contribution in [0.3, 0.4) is 0 Å². The highest BCUT2D eigenvalue weighted by molar-refractivity contribution is 5.87. The van der Waals surface area contributed by atoms with Gasteiger partial charge in [0, 0.05) is 18.0 Å². The van der Waals surface area contributed by atoms with Gasteiger partial charge in [-0.15, -0.1) is 0 Å². The number of phenolic OH excluding ortho intramolecular Hbond substituents is 1. The molecule has 1 aromatic heterocycles. The van der Waals surface area contributed by atoms with Gasteiger partial charge in [-0.25, -0.2) is 9.18 Å². The fraction of sp³-hybridized carbons (Fsp3) is 0.421. The first kappa shape index (κ1) is 35.8. The number of H-pyrrole nitrogens is 1. The van der Waals surface area contributed by atoms with Gasteiger partial charge in [0.2, 0.25) is 5.56 Å². The highest BCUT2D eigenvalue weighted by atomic mass is 19.1. The Balaban J connectivity index is 0.000000505. The Labute approximate surface area is 285 Å². The predicted molar refractivity (Wildman–Crippen MR) is 188 cm³/mol. The molecule has 10 nitrogen and oxygen atoms in total. The third-order valence-electron chi connectivity index (χ3n) is 9.32. The summed E-state index contributed by atoms with van der Waals surface area (Å²) in [6.45, 7) is 5.75. The molecule has 2 bridgehead atoms. The number of aromatic nitrogens is 1. The van der Waals surface area contributed by atoms with Crippen molar-refractivity contribution in [2.75, 3.05) is 39.3 Å². The zero-order chi connectivity index (χ0) is 34.6. The molecule has 3 aliphatic heterocycles. The van der Waals surface area contributed by atoms with E-state index in [0.29, 0.717) is 46.5 Å². The Morgan fingerprint density at radius 3 is 2.33 bits per heavy atom. The Morgan fingerprint density at radius 2 is 1.65 bits per heavy atom. The molecule has 3 fully saturated rings. The van der Waals surface area contributed by atoms with Gasteiger partial charge in [-0.1, -0.05) is 43.2 Å². The predicted octanol–water partition coefficient (Wildman–Crippen LogP) is 6.09. The van der Waals surface area contributed by atoms with Crippen LogP contribution >= 0.6 is 0 Å². The van der Waals surface area contributed by atoms with Gasteiger partial charge in [0.15, 0.2) is 0 Å². The Bertz CT molecular complexity index is 1700. The van der Waals surface area contributed by atoms with Gasteiger partial charge < -0.3 is 40.6 Å². The second kappa shape index (κ2) is 17.8. The molecule has 11 heteroatoms. The first-order valence-electron chi connectivity index (χ1n) is 17.2. The van der Waals surface area contributed by atoms with Crippen molar-refractivity contribution in [3.05, 3.63) is 106 Å². The van der Waals surface area contributed by atoms with Crippen molar-refractivity contribution in [3.63, 3.8) is 0 Å². The summed E-state index contributed by atoms with van der Waals surface area (Å²) < 4.78 is 19.6. The third-order valence-corrected chi connectivity index (χ3v) is 9.32. The summed E-state index contributed by atoms with van der Waals surface area (Å²) in [4.78, 5) is 28.1. The van der Waals surface area contributed by atoms with E-state index < -0.39 is 24.1 Å². The molecule has 3 aromatic carbocycles. The van der Waals surface area contributed by atoms with Crippen molar-refractivity contribution in [3.8, 4) is 11.5 Å². The molecule has 262 valence electrons. The van der Waals surface area contributed by atoms with Crippen LogP contribution in [0.2, 0.25) is 0 Å². The highest BCUT2D eigenvalue weighted by Gasteiger charge is 2.24. The lowest BCUT2D eigenvalue weighted by Gasteiger charge is -2.38. The van der Waals surface area contributed by atoms with Crippen LogP contribution in [0, 0.1) is 11.7 Å². The molecule has 1 amide bonds. The van der Waals surface area contributed by atoms with Gasteiger partial charge >= 0.3 is 6.09 Å². The van der Waals surface area contributed by atoms with E-state index in [1.54, 1.807) is 48.5 Å². The first-order valence-corrected chi connectivity index (χ1v) is 17.2. The standard InChI is InChI=1S/C31H34FN3O6.C7H13N/c32-22-9-5-7-20(17-22)29(35-31(39)40)21-8-6-10-23(18-21)41-16-4-2-1-3-15-33-19-27(37)24-11-13-26(36)30-25(24)12-14-28(38)34-30;1-4-8-5-2-7(1)3-6-8/h5-14,17-18,27,29,33,35-37H,1-4,15-16,19H2,(H,34,38)(H,39,40);7H,1-6H2. The number of ether oxygens (including phenoxy) is 1. The lowest BCUT2D eigenvalue weighted by atomic mass is 9.89. The summed E-state index contributed by atoms with van der Waals surface area (Å²) in [5.74, 6) is 1.24. The van der Waals surface area contributed by atoms with Crippen LogP contribution in [0.15, 0.2) is 77.6 Å². The number of nitrogens with one attached hydrogen (secondary N) is 3. The number of halogens is 1. The molecule has 2 unspecified atom stereocenters. The zero-order valence-electron chi connectivity index (χ0n) is 27.7. The molecule has 7 rings (SSSR count). The van der Waals surface area contributed by atoms with Crippen molar-refractivity contribution >= 4 is 17.0 Å². The fourth-order valence-corrected chi connectivity index (χ4v) is 6.61. The van der Waals surface area contributed by atoms with Gasteiger partial charge in [-0.2, -0.15) is 0 Å². The van der Waals surface area contributed by atoms with Crippen LogP contribution in [-0.4, -0.2) is 70.6 Å². The van der Waals surface area contributed by atoms with Crippen molar-refractivity contribution in [2.45, 2.75) is 57.1 Å². The number of aromatic hydroxyl groups is 1. The van der Waals surface area contributed by atoms with Crippen LogP contribution in [0.5, 0.6) is 11.5 Å². The quantitative estimate of drug-likeness (QED) is 0.0881. The Kier molecular flexibility index (Phi) is 13.0. The molecule has 4 aromatic rings. The lowest BCUT2D eigenvalue weighted by Crippen LogP contribution is -2.41. The van der Waals surface area contributed by atoms with E-state index >= 15 is 0 Å². The molecule has 3 aliphatic rings. The van der Waals surface area contributed by atoms with Gasteiger partial charge in [0.05, 0.1) is 24.3 Å². The molecular weight excluding hydrogens is 627 g/mol. The molecule has 6 N–H and O–H groups in total. The van der Waals surface area contributed by atoms with Crippen molar-refractivity contribution < 1.29 is 29.2 Å². The summed E-state index contributed by atoms with van der Waals surface area (Å²) in [5, 5.41) is 36.2. The van der Waals surface area contributed by atoms with Gasteiger partial charge in [-0.3, -0.25) is 4.79 Å². The molecular formula is C38H47FN4O6. The number of fused-ring (bicyclic) bond motifs is 4. The monoisotopic (exact) mass is 674 g/mol. The number of hydrogen-bond acceptors (Lipinski definition) is 7. The van der Waals surface area contributed by atoms with E-state index in [-0.39, 0.29) is 11.3 Å². The van der Waals surface area contributed by atoms with Crippen LogP contribution in [0.4, 0.5) is 9.18 Å². The topological polar surface area (TPSA) is 147 Å². The first-order chi connectivity index (χ1) is 23.8. The molecule has 0 spiro atoms. The largest absolute Gasteiger partial charge is 0.506 e. The summed E-state index contributed by atoms with van der Waals surface area (Å²) in [5.41, 5.74) is 1.77. The van der Waals surface area contributed by atoms with E-state index in [0.717, 1.165) is 38.1 Å². The number of carbonyl (C=O) groups is 1. The van der Waals surface area contributed by atoms with E-state index in [2.05, 4.69) is 20.5 Å². The van der Waals surface area contributed by atoms with Gasteiger partial charge in [0.25, 0.3) is 0 Å². The number of pyridine rings is 1. The zero-order valence-corrected chi connectivity index (χ0v) is 27.7. The minimum absolute atomic E-state index is 0.0402. The molecule has 4 heterocycles. The number of aliphatic hydroxyl groups is 1. The molecule has 0 radical (unpaired) electrons. The van der Waals surface area contributed by atoms with Gasteiger partial charge in [0.1, 0.15) is 17.3 Å². The number of amides is 1. The average Bonchev–Trinajstić information content (AvgIpc) is 3.11. The normalized spacial score (nSPS) is 17.9. The van der Waals surface area contributed by atoms with Gasteiger partial charge in [-0.05, 0) is 117 Å². The van der Waals surface area contributed by atoms with Crippen LogP contribution < -0.4 is 20.9 Å². The number of aromatic amines is 1. The fourth-order valence-electron chi connectivity index (χ4n) is 6.61. The van der Waals surface area contributed by atoms with E-state index in [4.69, 9.17) is 4.74 Å². The number of rotatable bonds is 14. The number of aliphatic hydroxyl groups excluding tert-OH is 1. The second-order valence-electron chi connectivity index (χ2n) is 12.9. The molecule has 2 atom stereocenters. The molecule has 0 saturated carbocycles. The van der Waals surface area contributed by atoms with Crippen LogP contribution in [-0.2, 0) is 0 Å². The number of carboxylic acid groups (broad SMARTS) is 1. The number of piperidine rings is 3. The number of benzene rings is 3. The SMILES string of the molecule is C1CN2CCC1CC2.O=C(O)NC(c1cccc(F)c1)c1cccc(OCCCCCCNCC(O)c2ccc(O)c3[nH]c(=O)ccc23)c1. The number of unbranched alkanes of at least 4 members (excludes halogenated alkanes) is 3. The maximum Gasteiger partial charge on any atom is 0.405 e. The number of phenols is 1. The van der Waals surface area contributed by atoms with Crippen molar-refractivity contribution in [1.29, 1.82) is 0 Å². The van der Waals surface area contributed by atoms with E-state index in [1.807, 2.05) is 0 Å². The van der Waals surface area contributed by atoms with Crippen molar-refractivity contribution in [2.24, 2.45) is 5.92 Å². The molecule has 49 heavy (non-hydrogen) atoms. The molecule has 0 aliphatic carbocycles. The van der Waals surface area contributed by atoms with E-state index in [9.17, 15) is 29.3 Å². The smallest absolute Gasteiger partial charge is 0.405 e. The maximum atomic E-state index is 13.7. The Hall–Kier alpha value is -4.45. The molecule has 3 saturated heterocycles.